The van der Waals surface area contributed by atoms with Gasteiger partial charge in [0.15, 0.2) is 11.4 Å². The third kappa shape index (κ3) is 7.12. The number of thiocarbonyl (C=S) groups is 1. The summed E-state index contributed by atoms with van der Waals surface area (Å²) in [5.41, 5.74) is 0.218. The van der Waals surface area contributed by atoms with Crippen molar-refractivity contribution in [1.82, 2.24) is 4.57 Å². The van der Waals surface area contributed by atoms with Crippen LogP contribution in [0.2, 0.25) is 5.02 Å². The maximum absolute atomic E-state index is 12.6. The molecule has 0 aliphatic rings. The van der Waals surface area contributed by atoms with Crippen LogP contribution in [0, 0.1) is 0 Å². The Morgan fingerprint density at radius 2 is 1.97 bits per heavy atom. The number of aryl methyl sites for hydroxylation is 1. The Morgan fingerprint density at radius 3 is 2.55 bits per heavy atom. The molecule has 160 valence electrons. The van der Waals surface area contributed by atoms with Crippen molar-refractivity contribution in [3.8, 4) is 5.75 Å². The van der Waals surface area contributed by atoms with Crippen molar-refractivity contribution < 1.29 is 17.9 Å². The van der Waals surface area contributed by atoms with Gasteiger partial charge in [0.05, 0.1) is 5.56 Å². The quantitative estimate of drug-likeness (QED) is 0.455. The lowest BCUT2D eigenvalue weighted by molar-refractivity contribution is -0.153. The predicted octanol–water partition coefficient (Wildman–Crippen LogP) is 6.52. The Kier molecular flexibility index (Phi) is 7.93. The van der Waals surface area contributed by atoms with Crippen molar-refractivity contribution in [3.63, 3.8) is 0 Å². The molecule has 0 saturated heterocycles. The number of nitrogens with zero attached hydrogens (tertiary/aromatic N) is 2. The monoisotopic (exact) mass is 464 g/mol. The number of hydrogen-bond acceptors (Lipinski definition) is 3. The van der Waals surface area contributed by atoms with Crippen molar-refractivity contribution >= 4 is 40.1 Å². The molecule has 0 aliphatic heterocycles. The minimum absolute atomic E-state index is 0.00758. The van der Waals surface area contributed by atoms with Gasteiger partial charge in [-0.25, -0.2) is 4.99 Å². The van der Waals surface area contributed by atoms with E-state index in [1.165, 1.54) is 29.5 Å². The van der Waals surface area contributed by atoms with E-state index in [-0.39, 0.29) is 21.7 Å². The molecule has 0 unspecified atom stereocenters. The topological polar surface area (TPSA) is 26.5 Å². The molecule has 9 heteroatoms. The predicted molar refractivity (Wildman–Crippen MR) is 116 cm³/mol. The van der Waals surface area contributed by atoms with Crippen LogP contribution in [0.1, 0.15) is 51.0 Å². The lowest BCUT2D eigenvalue weighted by atomic mass is 9.95. The van der Waals surface area contributed by atoms with Gasteiger partial charge in [0.1, 0.15) is 10.7 Å². The third-order valence-electron chi connectivity index (χ3n) is 3.97. The Morgan fingerprint density at radius 1 is 1.28 bits per heavy atom. The summed E-state index contributed by atoms with van der Waals surface area (Å²) in [6.45, 7) is 7.84. The van der Waals surface area contributed by atoms with E-state index in [4.69, 9.17) is 28.6 Å². The fraction of sp³-hybridized carbons (Fsp3) is 0.500. The van der Waals surface area contributed by atoms with Crippen LogP contribution in [0.5, 0.6) is 5.75 Å². The molecule has 3 nitrogen and oxygen atoms in total. The molecule has 2 rings (SSSR count). The Bertz CT molecular complexity index is 927. The summed E-state index contributed by atoms with van der Waals surface area (Å²) in [6.07, 6.45) is -0.367. The maximum atomic E-state index is 12.6. The first-order valence-corrected chi connectivity index (χ1v) is 10.8. The second kappa shape index (κ2) is 9.62. The normalized spacial score (nSPS) is 13.0. The van der Waals surface area contributed by atoms with Crippen molar-refractivity contribution in [2.75, 3.05) is 6.61 Å². The molecule has 0 N–H and O–H groups in total. The van der Waals surface area contributed by atoms with E-state index in [1.54, 1.807) is 0 Å². The number of ether oxygens (including phenoxy) is 1. The first kappa shape index (κ1) is 23.9. The van der Waals surface area contributed by atoms with Gasteiger partial charge < -0.3 is 9.30 Å². The number of halogens is 4. The van der Waals surface area contributed by atoms with Crippen LogP contribution in [0.25, 0.3) is 0 Å². The van der Waals surface area contributed by atoms with Gasteiger partial charge in [-0.15, -0.1) is 11.3 Å². The van der Waals surface area contributed by atoms with Gasteiger partial charge >= 0.3 is 6.18 Å². The molecule has 0 fully saturated rings. The molecule has 29 heavy (non-hydrogen) atoms. The zero-order valence-electron chi connectivity index (χ0n) is 16.8. The first-order valence-electron chi connectivity index (χ1n) is 9.19. The van der Waals surface area contributed by atoms with Crippen LogP contribution >= 0.6 is 35.2 Å². The molecule has 0 bridgehead atoms. The summed E-state index contributed by atoms with van der Waals surface area (Å²) in [5, 5.41) is 0.345. The largest absolute Gasteiger partial charge is 0.483 e. The second-order valence-corrected chi connectivity index (χ2v) is 9.47. The van der Waals surface area contributed by atoms with E-state index in [9.17, 15) is 13.2 Å². The number of rotatable bonds is 6. The summed E-state index contributed by atoms with van der Waals surface area (Å²) >= 11 is 13.0. The number of thiazole rings is 1. The SMILES string of the molecule is CCCCn1cc(C(C)(C)C)sc1=NC(=S)c1cc(Cl)ccc1OCC(F)(F)F. The summed E-state index contributed by atoms with van der Waals surface area (Å²) in [4.78, 5) is 6.54. The maximum Gasteiger partial charge on any atom is 0.422 e. The average molecular weight is 465 g/mol. The van der Waals surface area contributed by atoms with Crippen LogP contribution in [0.4, 0.5) is 13.2 Å². The highest BCUT2D eigenvalue weighted by atomic mass is 35.5. The molecule has 1 heterocycles. The van der Waals surface area contributed by atoms with E-state index in [0.29, 0.717) is 9.82 Å². The molecule has 0 spiro atoms. The van der Waals surface area contributed by atoms with Gasteiger partial charge in [-0.05, 0) is 30.0 Å². The summed E-state index contributed by atoms with van der Waals surface area (Å²) in [5.74, 6) is 0.00758. The summed E-state index contributed by atoms with van der Waals surface area (Å²) in [6, 6.07) is 4.32. The Hall–Kier alpha value is -1.38. The highest BCUT2D eigenvalue weighted by Gasteiger charge is 2.29. The van der Waals surface area contributed by atoms with Gasteiger partial charge in [0, 0.05) is 22.6 Å². The number of unbranched alkanes of at least 4 members (excludes halogenated alkanes) is 1. The number of alkyl halides is 3. The summed E-state index contributed by atoms with van der Waals surface area (Å²) < 4.78 is 44.7. The van der Waals surface area contributed by atoms with Gasteiger partial charge in [-0.2, -0.15) is 13.2 Å². The van der Waals surface area contributed by atoms with E-state index in [0.717, 1.165) is 24.3 Å². The first-order chi connectivity index (χ1) is 13.4. The molecule has 0 aliphatic carbocycles. The molecule has 0 atom stereocenters. The van der Waals surface area contributed by atoms with Gasteiger partial charge in [0.25, 0.3) is 0 Å². The number of benzene rings is 1. The van der Waals surface area contributed by atoms with Gasteiger partial charge in [-0.1, -0.05) is 57.9 Å². The third-order valence-corrected chi connectivity index (χ3v) is 5.96. The zero-order chi connectivity index (χ0) is 21.8. The minimum atomic E-state index is -4.45. The average Bonchev–Trinajstić information content (AvgIpc) is 3.01. The fourth-order valence-electron chi connectivity index (χ4n) is 2.40. The van der Waals surface area contributed by atoms with Crippen LogP contribution in [0.15, 0.2) is 29.4 Å². The highest BCUT2D eigenvalue weighted by Crippen LogP contribution is 2.27. The van der Waals surface area contributed by atoms with Crippen LogP contribution in [0.3, 0.4) is 0 Å². The van der Waals surface area contributed by atoms with Crippen molar-refractivity contribution in [3.05, 3.63) is 44.7 Å². The van der Waals surface area contributed by atoms with Gasteiger partial charge in [-0.3, -0.25) is 0 Å². The van der Waals surface area contributed by atoms with E-state index in [1.807, 2.05) is 4.57 Å². The second-order valence-electron chi connectivity index (χ2n) is 7.64. The lowest BCUT2D eigenvalue weighted by Gasteiger charge is -2.14. The number of hydrogen-bond donors (Lipinski definition) is 0. The zero-order valence-corrected chi connectivity index (χ0v) is 19.2. The van der Waals surface area contributed by atoms with Crippen LogP contribution in [-0.4, -0.2) is 22.3 Å². The summed E-state index contributed by atoms with van der Waals surface area (Å²) in [7, 11) is 0. The van der Waals surface area contributed by atoms with Crippen LogP contribution in [-0.2, 0) is 12.0 Å². The number of aromatic nitrogens is 1. The molecule has 1 aromatic carbocycles. The standard InChI is InChI=1S/C20H24ClF3N2OS2/c1-5-6-9-26-11-16(19(2,3)4)29-18(26)25-17(28)14-10-13(21)7-8-15(14)27-12-20(22,23)24/h7-8,10-11H,5-6,9,12H2,1-4H3. The molecule has 1 aromatic heterocycles. The van der Waals surface area contributed by atoms with Crippen molar-refractivity contribution in [1.29, 1.82) is 0 Å². The highest BCUT2D eigenvalue weighted by molar-refractivity contribution is 7.80. The molecule has 2 aromatic rings. The van der Waals surface area contributed by atoms with Crippen molar-refractivity contribution in [2.24, 2.45) is 4.99 Å². The van der Waals surface area contributed by atoms with Gasteiger partial charge in [0.2, 0.25) is 0 Å². The molecule has 0 radical (unpaired) electrons. The van der Waals surface area contributed by atoms with Crippen LogP contribution < -0.4 is 9.54 Å². The molecule has 0 amide bonds. The molecule has 0 saturated carbocycles. The fourth-order valence-corrected chi connectivity index (χ4v) is 3.96. The van der Waals surface area contributed by atoms with E-state index >= 15 is 0 Å². The smallest absolute Gasteiger partial charge is 0.422 e. The van der Waals surface area contributed by atoms with E-state index < -0.39 is 12.8 Å². The molecular weight excluding hydrogens is 441 g/mol. The lowest BCUT2D eigenvalue weighted by Crippen LogP contribution is -2.20. The van der Waals surface area contributed by atoms with E-state index in [2.05, 4.69) is 38.9 Å². The Labute approximate surface area is 183 Å². The minimum Gasteiger partial charge on any atom is -0.483 e. The Balaban J connectivity index is 2.46. The molecular formula is C20H24ClF3N2OS2. The van der Waals surface area contributed by atoms with Crippen molar-refractivity contribution in [2.45, 2.75) is 58.7 Å².